The molecule has 0 radical (unpaired) electrons. The maximum absolute atomic E-state index is 12.2. The van der Waals surface area contributed by atoms with Crippen molar-refractivity contribution in [3.05, 3.63) is 24.3 Å². The average Bonchev–Trinajstić information content (AvgIpc) is 2.76. The quantitative estimate of drug-likeness (QED) is 0.773. The molecule has 2 aliphatic heterocycles. The van der Waals surface area contributed by atoms with Gasteiger partial charge in [-0.25, -0.2) is 4.79 Å². The van der Waals surface area contributed by atoms with Crippen LogP contribution in [0.25, 0.3) is 0 Å². The van der Waals surface area contributed by atoms with E-state index < -0.39 is 18.3 Å². The van der Waals surface area contributed by atoms with E-state index in [1.807, 2.05) is 39.8 Å². The number of hydrogen-bond acceptors (Lipinski definition) is 5. The molecule has 0 spiro atoms. The highest BCUT2D eigenvalue weighted by atomic mass is 16.7. The van der Waals surface area contributed by atoms with E-state index in [1.165, 1.54) is 0 Å². The molecular weight excluding hydrogens is 309 g/mol. The third-order valence-electron chi connectivity index (χ3n) is 4.86. The highest BCUT2D eigenvalue weighted by Crippen LogP contribution is 2.36. The molecule has 1 amide bonds. The van der Waals surface area contributed by atoms with Gasteiger partial charge in [-0.1, -0.05) is 12.1 Å². The Balaban J connectivity index is 1.70. The molecule has 24 heavy (non-hydrogen) atoms. The van der Waals surface area contributed by atoms with Gasteiger partial charge in [-0.15, -0.1) is 0 Å². The molecule has 0 bridgehead atoms. The highest BCUT2D eigenvalue weighted by Gasteiger charge is 2.51. The lowest BCUT2D eigenvalue weighted by atomic mass is 9.79. The number of amides is 1. The van der Waals surface area contributed by atoms with Crippen molar-refractivity contribution in [1.82, 2.24) is 4.90 Å². The van der Waals surface area contributed by atoms with Crippen molar-refractivity contribution in [2.75, 3.05) is 26.3 Å². The molecule has 7 heteroatoms. The van der Waals surface area contributed by atoms with Crippen molar-refractivity contribution in [2.45, 2.75) is 38.9 Å². The first kappa shape index (κ1) is 17.3. The van der Waals surface area contributed by atoms with Gasteiger partial charge >= 0.3 is 13.2 Å². The van der Waals surface area contributed by atoms with Crippen LogP contribution in [0.1, 0.15) is 27.7 Å². The van der Waals surface area contributed by atoms with Crippen LogP contribution in [0.2, 0.25) is 0 Å². The minimum Gasteiger partial charge on any atom is -0.410 e. The topological polar surface area (TPSA) is 57.2 Å². The summed E-state index contributed by atoms with van der Waals surface area (Å²) in [6, 6.07) is 7.30. The van der Waals surface area contributed by atoms with Crippen molar-refractivity contribution >= 4 is 18.7 Å². The molecule has 1 aromatic carbocycles. The van der Waals surface area contributed by atoms with Crippen molar-refractivity contribution < 1.29 is 23.6 Å². The first-order chi connectivity index (χ1) is 11.3. The predicted octanol–water partition coefficient (Wildman–Crippen LogP) is 1.82. The second kappa shape index (κ2) is 6.39. The molecule has 0 N–H and O–H groups in total. The van der Waals surface area contributed by atoms with E-state index in [-0.39, 0.29) is 6.09 Å². The third kappa shape index (κ3) is 3.43. The van der Waals surface area contributed by atoms with Crippen molar-refractivity contribution in [2.24, 2.45) is 0 Å². The van der Waals surface area contributed by atoms with Crippen LogP contribution in [0.5, 0.6) is 5.75 Å². The fraction of sp³-hybridized carbons (Fsp3) is 0.588. The number of carbonyl (C=O) groups is 1. The molecule has 130 valence electrons. The zero-order valence-electron chi connectivity index (χ0n) is 14.7. The van der Waals surface area contributed by atoms with E-state index >= 15 is 0 Å². The van der Waals surface area contributed by atoms with Gasteiger partial charge in [0.05, 0.1) is 24.4 Å². The van der Waals surface area contributed by atoms with E-state index in [9.17, 15) is 4.79 Å². The number of morpholine rings is 1. The van der Waals surface area contributed by atoms with Crippen LogP contribution in [0.3, 0.4) is 0 Å². The minimum absolute atomic E-state index is 0.357. The van der Waals surface area contributed by atoms with Gasteiger partial charge in [0.2, 0.25) is 0 Å². The summed E-state index contributed by atoms with van der Waals surface area (Å²) in [6.45, 7) is 10.2. The lowest BCUT2D eigenvalue weighted by molar-refractivity contribution is 0.00578. The molecule has 1 aromatic rings. The van der Waals surface area contributed by atoms with E-state index in [4.69, 9.17) is 18.8 Å². The molecule has 6 nitrogen and oxygen atoms in total. The smallest absolute Gasteiger partial charge is 0.410 e. The van der Waals surface area contributed by atoms with Crippen molar-refractivity contribution in [1.29, 1.82) is 0 Å². The maximum Gasteiger partial charge on any atom is 0.494 e. The molecule has 2 saturated heterocycles. The van der Waals surface area contributed by atoms with Gasteiger partial charge in [-0.2, -0.15) is 0 Å². The van der Waals surface area contributed by atoms with E-state index in [1.54, 1.807) is 17.0 Å². The predicted molar refractivity (Wildman–Crippen MR) is 90.6 cm³/mol. The minimum atomic E-state index is -0.475. The Hall–Kier alpha value is -1.57. The Morgan fingerprint density at radius 2 is 1.75 bits per heavy atom. The summed E-state index contributed by atoms with van der Waals surface area (Å²) in [5.41, 5.74) is 0.0250. The molecule has 2 fully saturated rings. The van der Waals surface area contributed by atoms with Gasteiger partial charge in [0, 0.05) is 13.1 Å². The lowest BCUT2D eigenvalue weighted by Gasteiger charge is -2.32. The first-order valence-electron chi connectivity index (χ1n) is 8.29. The van der Waals surface area contributed by atoms with Crippen LogP contribution >= 0.6 is 0 Å². The third-order valence-corrected chi connectivity index (χ3v) is 4.86. The number of nitrogens with zero attached hydrogens (tertiary/aromatic N) is 1. The molecule has 0 aromatic heterocycles. The molecule has 0 saturated carbocycles. The van der Waals surface area contributed by atoms with E-state index in [2.05, 4.69) is 0 Å². The number of hydrogen-bond donors (Lipinski definition) is 0. The van der Waals surface area contributed by atoms with Gasteiger partial charge in [0.15, 0.2) is 0 Å². The first-order valence-corrected chi connectivity index (χ1v) is 8.29. The Kier molecular flexibility index (Phi) is 4.59. The summed E-state index contributed by atoms with van der Waals surface area (Å²) in [5, 5.41) is 0. The highest BCUT2D eigenvalue weighted by molar-refractivity contribution is 6.62. The largest absolute Gasteiger partial charge is 0.494 e. The molecule has 3 rings (SSSR count). The van der Waals surface area contributed by atoms with Crippen LogP contribution < -0.4 is 10.2 Å². The SMILES string of the molecule is CC1(C)OB(c2cccc(OC(=O)N3CCOCC3)c2)OC1(C)C. The summed E-state index contributed by atoms with van der Waals surface area (Å²) in [5.74, 6) is 0.485. The second-order valence-corrected chi connectivity index (χ2v) is 7.13. The zero-order chi connectivity index (χ0) is 17.4. The van der Waals surface area contributed by atoms with Crippen LogP contribution in [0.15, 0.2) is 24.3 Å². The van der Waals surface area contributed by atoms with E-state index in [0.717, 1.165) is 5.46 Å². The molecular formula is C17H24BNO5. The summed E-state index contributed by atoms with van der Waals surface area (Å²) in [4.78, 5) is 13.8. The summed E-state index contributed by atoms with van der Waals surface area (Å²) < 4.78 is 22.8. The Morgan fingerprint density at radius 3 is 2.38 bits per heavy atom. The van der Waals surface area contributed by atoms with Gasteiger partial charge in [0.25, 0.3) is 0 Å². The van der Waals surface area contributed by atoms with Gasteiger partial charge in [0.1, 0.15) is 5.75 Å². The molecule has 2 aliphatic rings. The zero-order valence-corrected chi connectivity index (χ0v) is 14.7. The maximum atomic E-state index is 12.2. The molecule has 0 unspecified atom stereocenters. The molecule has 2 heterocycles. The number of carbonyl (C=O) groups excluding carboxylic acids is 1. The number of benzene rings is 1. The van der Waals surface area contributed by atoms with Crippen molar-refractivity contribution in [3.8, 4) is 5.75 Å². The second-order valence-electron chi connectivity index (χ2n) is 7.13. The van der Waals surface area contributed by atoms with E-state index in [0.29, 0.717) is 32.1 Å². The van der Waals surface area contributed by atoms with Gasteiger partial charge < -0.3 is 23.7 Å². The summed E-state index contributed by atoms with van der Waals surface area (Å²) >= 11 is 0. The van der Waals surface area contributed by atoms with Gasteiger partial charge in [-0.05, 0) is 45.3 Å². The normalized spacial score (nSPS) is 22.5. The fourth-order valence-corrected chi connectivity index (χ4v) is 2.62. The van der Waals surface area contributed by atoms with Crippen LogP contribution in [-0.4, -0.2) is 55.6 Å². The Morgan fingerprint density at radius 1 is 1.12 bits per heavy atom. The van der Waals surface area contributed by atoms with Gasteiger partial charge in [-0.3, -0.25) is 0 Å². The van der Waals surface area contributed by atoms with Crippen LogP contribution in [0.4, 0.5) is 4.79 Å². The molecule has 0 aliphatic carbocycles. The monoisotopic (exact) mass is 333 g/mol. The Labute approximate surface area is 143 Å². The fourth-order valence-electron chi connectivity index (χ4n) is 2.62. The summed E-state index contributed by atoms with van der Waals surface area (Å²) in [6.07, 6.45) is -0.357. The number of ether oxygens (including phenoxy) is 2. The Bertz CT molecular complexity index is 597. The van der Waals surface area contributed by atoms with Crippen molar-refractivity contribution in [3.63, 3.8) is 0 Å². The lowest BCUT2D eigenvalue weighted by Crippen LogP contribution is -2.42. The molecule has 0 atom stereocenters. The average molecular weight is 333 g/mol. The number of rotatable bonds is 2. The summed E-state index contributed by atoms with van der Waals surface area (Å²) in [7, 11) is -0.475. The van der Waals surface area contributed by atoms with Crippen LogP contribution in [-0.2, 0) is 14.0 Å². The van der Waals surface area contributed by atoms with Crippen LogP contribution in [0, 0.1) is 0 Å². The standard InChI is InChI=1S/C17H24BNO5/c1-16(2)17(3,4)24-18(23-16)13-6-5-7-14(12-13)22-15(20)19-8-10-21-11-9-19/h5-7,12H,8-11H2,1-4H3.